The van der Waals surface area contributed by atoms with Gasteiger partial charge in [0.05, 0.1) is 22.8 Å². The van der Waals surface area contributed by atoms with Crippen LogP contribution in [0.15, 0.2) is 41.5 Å². The van der Waals surface area contributed by atoms with Gasteiger partial charge in [-0.15, -0.1) is 0 Å². The van der Waals surface area contributed by atoms with E-state index in [4.69, 9.17) is 21.7 Å². The third-order valence-corrected chi connectivity index (χ3v) is 3.69. The molecule has 26 heavy (non-hydrogen) atoms. The zero-order valence-corrected chi connectivity index (χ0v) is 14.1. The number of thiocarbonyl (C=S) groups is 1. The molecule has 0 aliphatic carbocycles. The van der Waals surface area contributed by atoms with Crippen LogP contribution < -0.4 is 20.2 Å². The predicted octanol–water partition coefficient (Wildman–Crippen LogP) is 2.46. The Morgan fingerprint density at radius 3 is 2.69 bits per heavy atom. The molecule has 0 amide bonds. The van der Waals surface area contributed by atoms with Gasteiger partial charge in [-0.05, 0) is 36.0 Å². The number of nitrogens with zero attached hydrogens (tertiary/aromatic N) is 2. The van der Waals surface area contributed by atoms with E-state index < -0.39 is 4.92 Å². The van der Waals surface area contributed by atoms with E-state index in [-0.39, 0.29) is 29.0 Å². The molecule has 134 valence electrons. The van der Waals surface area contributed by atoms with E-state index >= 15 is 0 Å². The van der Waals surface area contributed by atoms with Crippen molar-refractivity contribution < 1.29 is 18.8 Å². The van der Waals surface area contributed by atoms with Gasteiger partial charge in [-0.2, -0.15) is 5.10 Å². The van der Waals surface area contributed by atoms with Crippen molar-refractivity contribution in [1.82, 2.24) is 10.7 Å². The average molecular weight is 376 g/mol. The summed E-state index contributed by atoms with van der Waals surface area (Å²) in [6.07, 6.45) is 1.27. The lowest BCUT2D eigenvalue weighted by Gasteiger charge is -2.07. The number of fused-ring (bicyclic) bond motifs is 1. The van der Waals surface area contributed by atoms with Crippen LogP contribution in [-0.4, -0.2) is 23.0 Å². The highest BCUT2D eigenvalue weighted by Gasteiger charge is 2.22. The summed E-state index contributed by atoms with van der Waals surface area (Å²) in [5, 5.41) is 18.2. The standard InChI is InChI=1S/C16H13FN4O4S/c17-12-3-1-10(2-4-12)7-18-16(26)20-19-8-11-5-14-15(25-9-24-14)6-13(11)21(22)23/h1-6,8H,7,9H2,(H2,18,20,26)/b19-8-. The maximum Gasteiger partial charge on any atom is 0.282 e. The molecular formula is C16H13FN4O4S. The summed E-state index contributed by atoms with van der Waals surface area (Å²) in [4.78, 5) is 10.6. The first-order chi connectivity index (χ1) is 12.5. The Hall–Kier alpha value is -3.27. The second-order valence-electron chi connectivity index (χ2n) is 5.20. The Kier molecular flexibility index (Phi) is 5.23. The Morgan fingerprint density at radius 2 is 2.00 bits per heavy atom. The minimum atomic E-state index is -0.533. The van der Waals surface area contributed by atoms with Gasteiger partial charge in [0.25, 0.3) is 5.69 Å². The van der Waals surface area contributed by atoms with Crippen LogP contribution in [0.1, 0.15) is 11.1 Å². The molecule has 0 spiro atoms. The number of rotatable bonds is 5. The van der Waals surface area contributed by atoms with E-state index in [9.17, 15) is 14.5 Å². The van der Waals surface area contributed by atoms with Crippen LogP contribution in [0.25, 0.3) is 0 Å². The normalized spacial score (nSPS) is 12.2. The molecule has 0 bridgehead atoms. The topological polar surface area (TPSA) is 98.0 Å². The second-order valence-corrected chi connectivity index (χ2v) is 5.61. The number of nitrogens with one attached hydrogen (secondary N) is 2. The van der Waals surface area contributed by atoms with Crippen molar-refractivity contribution in [3.05, 3.63) is 63.5 Å². The molecule has 10 heteroatoms. The number of hydrogen-bond acceptors (Lipinski definition) is 6. The number of ether oxygens (including phenoxy) is 2. The molecule has 3 rings (SSSR count). The van der Waals surface area contributed by atoms with Crippen molar-refractivity contribution in [3.63, 3.8) is 0 Å². The van der Waals surface area contributed by atoms with Crippen LogP contribution in [-0.2, 0) is 6.54 Å². The quantitative estimate of drug-likeness (QED) is 0.358. The van der Waals surface area contributed by atoms with Gasteiger partial charge in [-0.25, -0.2) is 4.39 Å². The summed E-state index contributed by atoms with van der Waals surface area (Å²) in [5.41, 5.74) is 3.49. The first kappa shape index (κ1) is 17.5. The lowest BCUT2D eigenvalue weighted by atomic mass is 10.1. The van der Waals surface area contributed by atoms with Gasteiger partial charge < -0.3 is 14.8 Å². The van der Waals surface area contributed by atoms with Crippen LogP contribution in [0.3, 0.4) is 0 Å². The largest absolute Gasteiger partial charge is 0.454 e. The zero-order valence-electron chi connectivity index (χ0n) is 13.3. The molecule has 0 radical (unpaired) electrons. The van der Waals surface area contributed by atoms with Crippen LogP contribution >= 0.6 is 12.2 Å². The number of hydrogen-bond donors (Lipinski definition) is 2. The lowest BCUT2D eigenvalue weighted by molar-refractivity contribution is -0.385. The van der Waals surface area contributed by atoms with Crippen molar-refractivity contribution in [1.29, 1.82) is 0 Å². The smallest absolute Gasteiger partial charge is 0.282 e. The number of nitro benzene ring substituents is 1. The highest BCUT2D eigenvalue weighted by molar-refractivity contribution is 7.80. The van der Waals surface area contributed by atoms with E-state index in [1.807, 2.05) is 0 Å². The molecule has 0 saturated carbocycles. The van der Waals surface area contributed by atoms with E-state index in [2.05, 4.69) is 15.8 Å². The van der Waals surface area contributed by atoms with Crippen molar-refractivity contribution in [3.8, 4) is 11.5 Å². The van der Waals surface area contributed by atoms with E-state index in [1.54, 1.807) is 12.1 Å². The molecular weight excluding hydrogens is 363 g/mol. The van der Waals surface area contributed by atoms with Crippen LogP contribution in [0.2, 0.25) is 0 Å². The zero-order chi connectivity index (χ0) is 18.5. The molecule has 0 saturated heterocycles. The molecule has 0 atom stereocenters. The fraction of sp³-hybridized carbons (Fsp3) is 0.125. The fourth-order valence-corrected chi connectivity index (χ4v) is 2.32. The summed E-state index contributed by atoms with van der Waals surface area (Å²) < 4.78 is 23.2. The number of nitro groups is 1. The average Bonchev–Trinajstić information content (AvgIpc) is 3.08. The van der Waals surface area contributed by atoms with Gasteiger partial charge in [0, 0.05) is 6.54 Å². The van der Waals surface area contributed by atoms with Gasteiger partial charge in [-0.3, -0.25) is 15.5 Å². The molecule has 1 heterocycles. The predicted molar refractivity (Wildman–Crippen MR) is 95.8 cm³/mol. The van der Waals surface area contributed by atoms with Crippen LogP contribution in [0.4, 0.5) is 10.1 Å². The summed E-state index contributed by atoms with van der Waals surface area (Å²) in [6, 6.07) is 8.72. The van der Waals surface area contributed by atoms with Gasteiger partial charge in [0.15, 0.2) is 16.6 Å². The summed E-state index contributed by atoms with van der Waals surface area (Å²) in [7, 11) is 0. The van der Waals surface area contributed by atoms with E-state index in [1.165, 1.54) is 30.5 Å². The summed E-state index contributed by atoms with van der Waals surface area (Å²) in [6.45, 7) is 0.397. The molecule has 0 fully saturated rings. The maximum atomic E-state index is 12.8. The van der Waals surface area contributed by atoms with Crippen molar-refractivity contribution >= 4 is 29.2 Å². The summed E-state index contributed by atoms with van der Waals surface area (Å²) >= 11 is 5.07. The highest BCUT2D eigenvalue weighted by Crippen LogP contribution is 2.37. The molecule has 8 nitrogen and oxygen atoms in total. The van der Waals surface area contributed by atoms with E-state index in [0.717, 1.165) is 5.56 Å². The second kappa shape index (κ2) is 7.74. The minimum Gasteiger partial charge on any atom is -0.454 e. The van der Waals surface area contributed by atoms with Gasteiger partial charge in [0.2, 0.25) is 6.79 Å². The van der Waals surface area contributed by atoms with Gasteiger partial charge in [-0.1, -0.05) is 12.1 Å². The molecule has 2 N–H and O–H groups in total. The summed E-state index contributed by atoms with van der Waals surface area (Å²) in [5.74, 6) is 0.414. The third-order valence-electron chi connectivity index (χ3n) is 3.45. The number of benzene rings is 2. The Bertz CT molecular complexity index is 873. The monoisotopic (exact) mass is 376 g/mol. The van der Waals surface area contributed by atoms with Gasteiger partial charge >= 0.3 is 0 Å². The van der Waals surface area contributed by atoms with Crippen molar-refractivity contribution in [2.75, 3.05) is 6.79 Å². The fourth-order valence-electron chi connectivity index (χ4n) is 2.19. The Balaban J connectivity index is 1.60. The van der Waals surface area contributed by atoms with Crippen molar-refractivity contribution in [2.24, 2.45) is 5.10 Å². The number of halogens is 1. The highest BCUT2D eigenvalue weighted by atomic mass is 32.1. The molecule has 1 aliphatic heterocycles. The molecule has 2 aromatic rings. The van der Waals surface area contributed by atoms with Crippen LogP contribution in [0.5, 0.6) is 11.5 Å². The van der Waals surface area contributed by atoms with E-state index in [0.29, 0.717) is 18.0 Å². The molecule has 1 aliphatic rings. The Labute approximate surface area is 152 Å². The molecule has 2 aromatic carbocycles. The third kappa shape index (κ3) is 4.22. The maximum absolute atomic E-state index is 12.8. The Morgan fingerprint density at radius 1 is 1.31 bits per heavy atom. The number of hydrazone groups is 1. The van der Waals surface area contributed by atoms with Crippen molar-refractivity contribution in [2.45, 2.75) is 6.54 Å². The lowest BCUT2D eigenvalue weighted by Crippen LogP contribution is -2.31. The molecule has 0 unspecified atom stereocenters. The SMILES string of the molecule is O=[N+]([O-])c1cc2c(cc1/C=N\NC(=S)NCc1ccc(F)cc1)OCO2. The van der Waals surface area contributed by atoms with Crippen LogP contribution in [0, 0.1) is 15.9 Å². The van der Waals surface area contributed by atoms with Gasteiger partial charge in [0.1, 0.15) is 5.82 Å². The minimum absolute atomic E-state index is 0.0166. The first-order valence-corrected chi connectivity index (χ1v) is 7.83. The first-order valence-electron chi connectivity index (χ1n) is 7.42. The molecule has 0 aromatic heterocycles.